The number of carbonyl (C=O) groups excluding carboxylic acids is 2. The van der Waals surface area contributed by atoms with E-state index < -0.39 is 0 Å². The minimum Gasteiger partial charge on any atom is -0.299 e. The first-order valence-electron chi connectivity index (χ1n) is 5.16. The van der Waals surface area contributed by atoms with E-state index in [2.05, 4.69) is 6.92 Å². The minimum absolute atomic E-state index is 0.0176. The molecular weight excluding hydrogens is 164 g/mol. The molecule has 1 atom stereocenters. The molecule has 2 heteroatoms. The van der Waals surface area contributed by atoms with Gasteiger partial charge in [-0.1, -0.05) is 26.7 Å². The van der Waals surface area contributed by atoms with Crippen LogP contribution >= 0.6 is 0 Å². The monoisotopic (exact) mass is 184 g/mol. The molecule has 0 aromatic carbocycles. The molecule has 1 unspecified atom stereocenters. The number of rotatable bonds is 7. The van der Waals surface area contributed by atoms with Gasteiger partial charge in [0, 0.05) is 6.42 Å². The van der Waals surface area contributed by atoms with Crippen LogP contribution in [-0.2, 0) is 9.59 Å². The number of carbonyl (C=O) groups is 2. The number of hydrogen-bond donors (Lipinski definition) is 0. The maximum atomic E-state index is 11.5. The maximum Gasteiger partial charge on any atom is 0.143 e. The lowest BCUT2D eigenvalue weighted by Crippen LogP contribution is -2.20. The van der Waals surface area contributed by atoms with Crippen molar-refractivity contribution >= 4 is 11.6 Å². The van der Waals surface area contributed by atoms with Gasteiger partial charge in [-0.05, 0) is 19.8 Å². The summed E-state index contributed by atoms with van der Waals surface area (Å²) in [6.07, 6.45) is 4.36. The number of unbranched alkanes of at least 4 members (excludes halogenated alkanes) is 2. The van der Waals surface area contributed by atoms with E-state index in [1.807, 2.05) is 6.92 Å². The van der Waals surface area contributed by atoms with Crippen molar-refractivity contribution in [2.45, 2.75) is 52.9 Å². The normalized spacial score (nSPS) is 12.5. The van der Waals surface area contributed by atoms with Gasteiger partial charge in [-0.3, -0.25) is 9.59 Å². The Balaban J connectivity index is 3.85. The van der Waals surface area contributed by atoms with Crippen LogP contribution in [0.5, 0.6) is 0 Å². The Morgan fingerprint density at radius 3 is 2.15 bits per heavy atom. The predicted octanol–water partition coefficient (Wildman–Crippen LogP) is 2.75. The molecule has 0 rings (SSSR count). The molecule has 0 N–H and O–H groups in total. The highest BCUT2D eigenvalue weighted by Crippen LogP contribution is 2.11. The van der Waals surface area contributed by atoms with E-state index in [0.29, 0.717) is 12.8 Å². The van der Waals surface area contributed by atoms with Gasteiger partial charge in [-0.2, -0.15) is 0 Å². The van der Waals surface area contributed by atoms with E-state index in [9.17, 15) is 9.59 Å². The quantitative estimate of drug-likeness (QED) is 0.450. The fourth-order valence-corrected chi connectivity index (χ4v) is 1.47. The highest BCUT2D eigenvalue weighted by atomic mass is 16.1. The Hall–Kier alpha value is -0.660. The van der Waals surface area contributed by atoms with Gasteiger partial charge in [0.2, 0.25) is 0 Å². The molecule has 0 aliphatic heterocycles. The average Bonchev–Trinajstić information content (AvgIpc) is 2.05. The highest BCUT2D eigenvalue weighted by molar-refractivity contribution is 6.01. The first-order chi connectivity index (χ1) is 6.13. The molecule has 76 valence electrons. The van der Waals surface area contributed by atoms with Crippen molar-refractivity contribution in [3.05, 3.63) is 0 Å². The van der Waals surface area contributed by atoms with Crippen molar-refractivity contribution in [1.29, 1.82) is 0 Å². The zero-order valence-electron chi connectivity index (χ0n) is 8.93. The fourth-order valence-electron chi connectivity index (χ4n) is 1.47. The van der Waals surface area contributed by atoms with Crippen LogP contribution in [0.1, 0.15) is 52.9 Å². The van der Waals surface area contributed by atoms with Crippen molar-refractivity contribution in [3.63, 3.8) is 0 Å². The van der Waals surface area contributed by atoms with E-state index in [1.54, 1.807) is 0 Å². The van der Waals surface area contributed by atoms with Crippen molar-refractivity contribution in [3.8, 4) is 0 Å². The molecule has 0 fully saturated rings. The third kappa shape index (κ3) is 4.81. The largest absolute Gasteiger partial charge is 0.299 e. The molecule has 0 saturated carbocycles. The zero-order chi connectivity index (χ0) is 10.3. The molecule has 0 aliphatic carbocycles. The summed E-state index contributed by atoms with van der Waals surface area (Å²) in [4.78, 5) is 22.5. The Morgan fingerprint density at radius 2 is 1.77 bits per heavy atom. The molecule has 13 heavy (non-hydrogen) atoms. The number of Topliss-reactive ketones (excluding diaryl/α,β-unsaturated/α-hetero) is 2. The van der Waals surface area contributed by atoms with Crippen LogP contribution < -0.4 is 0 Å². The summed E-state index contributed by atoms with van der Waals surface area (Å²) < 4.78 is 0. The lowest BCUT2D eigenvalue weighted by molar-refractivity contribution is -0.131. The number of ketones is 2. The van der Waals surface area contributed by atoms with E-state index in [-0.39, 0.29) is 17.5 Å². The van der Waals surface area contributed by atoms with E-state index >= 15 is 0 Å². The zero-order valence-corrected chi connectivity index (χ0v) is 8.93. The second-order valence-electron chi connectivity index (χ2n) is 3.49. The molecule has 0 radical (unpaired) electrons. The van der Waals surface area contributed by atoms with Crippen LogP contribution in [0.2, 0.25) is 0 Å². The molecule has 0 spiro atoms. The van der Waals surface area contributed by atoms with Crippen molar-refractivity contribution in [2.24, 2.45) is 5.92 Å². The second-order valence-corrected chi connectivity index (χ2v) is 3.49. The molecule has 0 aliphatic rings. The van der Waals surface area contributed by atoms with Gasteiger partial charge >= 0.3 is 0 Å². The molecule has 0 saturated heterocycles. The SMILES string of the molecule is CCCCCC(=O)C(CC)C(C)=O. The maximum absolute atomic E-state index is 11.5. The standard InChI is InChI=1S/C11H20O2/c1-4-6-7-8-11(13)10(5-2)9(3)12/h10H,4-8H2,1-3H3. The predicted molar refractivity (Wildman–Crippen MR) is 53.6 cm³/mol. The molecular formula is C11H20O2. The lowest BCUT2D eigenvalue weighted by Gasteiger charge is -2.08. The third-order valence-corrected chi connectivity index (χ3v) is 2.31. The van der Waals surface area contributed by atoms with Crippen molar-refractivity contribution in [2.75, 3.05) is 0 Å². The molecule has 0 aromatic heterocycles. The first-order valence-corrected chi connectivity index (χ1v) is 5.16. The summed E-state index contributed by atoms with van der Waals surface area (Å²) in [5.41, 5.74) is 0. The highest BCUT2D eigenvalue weighted by Gasteiger charge is 2.19. The molecule has 0 amide bonds. The minimum atomic E-state index is -0.336. The van der Waals surface area contributed by atoms with Crippen LogP contribution in [0.25, 0.3) is 0 Å². The van der Waals surface area contributed by atoms with Gasteiger partial charge in [0.1, 0.15) is 11.6 Å². The summed E-state index contributed by atoms with van der Waals surface area (Å²) >= 11 is 0. The van der Waals surface area contributed by atoms with Crippen LogP contribution in [-0.4, -0.2) is 11.6 Å². The Kier molecular flexibility index (Phi) is 6.47. The van der Waals surface area contributed by atoms with Gasteiger partial charge in [0.25, 0.3) is 0 Å². The molecule has 2 nitrogen and oxygen atoms in total. The lowest BCUT2D eigenvalue weighted by atomic mass is 9.93. The topological polar surface area (TPSA) is 34.1 Å². The van der Waals surface area contributed by atoms with Crippen LogP contribution in [0.3, 0.4) is 0 Å². The van der Waals surface area contributed by atoms with Gasteiger partial charge in [0.05, 0.1) is 5.92 Å². The van der Waals surface area contributed by atoms with Gasteiger partial charge in [-0.25, -0.2) is 0 Å². The average molecular weight is 184 g/mol. The Bertz CT molecular complexity index is 173. The summed E-state index contributed by atoms with van der Waals surface area (Å²) in [5, 5.41) is 0. The van der Waals surface area contributed by atoms with Crippen LogP contribution in [0.4, 0.5) is 0 Å². The van der Waals surface area contributed by atoms with Gasteiger partial charge in [-0.15, -0.1) is 0 Å². The fraction of sp³-hybridized carbons (Fsp3) is 0.818. The van der Waals surface area contributed by atoms with E-state index in [0.717, 1.165) is 19.3 Å². The molecule has 0 aromatic rings. The summed E-state index contributed by atoms with van der Waals surface area (Å²) in [7, 11) is 0. The Labute approximate surface area is 80.7 Å². The Morgan fingerprint density at radius 1 is 1.15 bits per heavy atom. The summed E-state index contributed by atoms with van der Waals surface area (Å²) in [6.45, 7) is 5.50. The van der Waals surface area contributed by atoms with Gasteiger partial charge in [0.15, 0.2) is 0 Å². The van der Waals surface area contributed by atoms with E-state index in [1.165, 1.54) is 6.92 Å². The van der Waals surface area contributed by atoms with Gasteiger partial charge < -0.3 is 0 Å². The third-order valence-electron chi connectivity index (χ3n) is 2.31. The summed E-state index contributed by atoms with van der Waals surface area (Å²) in [5.74, 6) is -0.190. The first kappa shape index (κ1) is 12.3. The number of hydrogen-bond acceptors (Lipinski definition) is 2. The smallest absolute Gasteiger partial charge is 0.143 e. The molecule has 0 bridgehead atoms. The van der Waals surface area contributed by atoms with Crippen molar-refractivity contribution < 1.29 is 9.59 Å². The second kappa shape index (κ2) is 6.81. The van der Waals surface area contributed by atoms with Crippen molar-refractivity contribution in [1.82, 2.24) is 0 Å². The van der Waals surface area contributed by atoms with E-state index in [4.69, 9.17) is 0 Å². The van der Waals surface area contributed by atoms with Crippen LogP contribution in [0, 0.1) is 5.92 Å². The molecule has 0 heterocycles. The van der Waals surface area contributed by atoms with Crippen LogP contribution in [0.15, 0.2) is 0 Å². The summed E-state index contributed by atoms with van der Waals surface area (Å²) in [6, 6.07) is 0.